The van der Waals surface area contributed by atoms with E-state index in [0.29, 0.717) is 24.4 Å². The van der Waals surface area contributed by atoms with Crippen molar-refractivity contribution in [1.82, 2.24) is 9.88 Å². The van der Waals surface area contributed by atoms with Gasteiger partial charge in [0, 0.05) is 36.3 Å². The Morgan fingerprint density at radius 2 is 1.87 bits per heavy atom. The molecule has 1 amide bonds. The maximum Gasteiger partial charge on any atom is 0.573 e. The van der Waals surface area contributed by atoms with Crippen LogP contribution in [0.3, 0.4) is 0 Å². The Morgan fingerprint density at radius 3 is 2.54 bits per heavy atom. The Kier molecular flexibility index (Phi) is 7.53. The molecule has 2 unspecified atom stereocenters. The van der Waals surface area contributed by atoms with Crippen LogP contribution in [0.5, 0.6) is 11.5 Å². The quantitative estimate of drug-likeness (QED) is 0.401. The van der Waals surface area contributed by atoms with Gasteiger partial charge in [-0.3, -0.25) is 9.78 Å². The third-order valence-electron chi connectivity index (χ3n) is 8.11. The summed E-state index contributed by atoms with van der Waals surface area (Å²) >= 11 is 0. The van der Waals surface area contributed by atoms with Gasteiger partial charge in [0.15, 0.2) is 0 Å². The Balaban J connectivity index is 1.29. The van der Waals surface area contributed by atoms with Crippen LogP contribution in [0.25, 0.3) is 0 Å². The topological polar surface area (TPSA) is 77.7 Å². The molecule has 2 aromatic carbocycles. The maximum absolute atomic E-state index is 12.7. The van der Waals surface area contributed by atoms with Gasteiger partial charge in [-0.15, -0.1) is 13.2 Å². The first kappa shape index (κ1) is 27.0. The lowest BCUT2D eigenvalue weighted by atomic mass is 9.73. The average Bonchev–Trinajstić information content (AvgIpc) is 3.32. The second kappa shape index (κ2) is 10.9. The number of fused-ring (bicyclic) bond motifs is 1. The first-order valence-electron chi connectivity index (χ1n) is 13.2. The minimum atomic E-state index is -4.73. The second-order valence-electron chi connectivity index (χ2n) is 10.4. The zero-order valence-electron chi connectivity index (χ0n) is 21.8. The molecule has 6 nitrogen and oxygen atoms in total. The first-order valence-corrected chi connectivity index (χ1v) is 13.2. The van der Waals surface area contributed by atoms with Crippen molar-refractivity contribution in [3.05, 3.63) is 89.2 Å². The van der Waals surface area contributed by atoms with Gasteiger partial charge in [-0.25, -0.2) is 0 Å². The zero-order valence-corrected chi connectivity index (χ0v) is 21.8. The van der Waals surface area contributed by atoms with Gasteiger partial charge < -0.3 is 20.1 Å². The van der Waals surface area contributed by atoms with Crippen molar-refractivity contribution in [2.75, 3.05) is 13.1 Å². The van der Waals surface area contributed by atoms with Gasteiger partial charge in [0.2, 0.25) is 5.91 Å². The molecule has 5 rings (SSSR count). The van der Waals surface area contributed by atoms with E-state index in [0.717, 1.165) is 54.8 Å². The van der Waals surface area contributed by atoms with Crippen LogP contribution < -0.4 is 15.2 Å². The van der Waals surface area contributed by atoms with E-state index in [2.05, 4.69) is 21.5 Å². The van der Waals surface area contributed by atoms with E-state index >= 15 is 0 Å². The lowest BCUT2D eigenvalue weighted by Crippen LogP contribution is -2.48. The average molecular weight is 540 g/mol. The number of carbonyl (C=O) groups is 1. The van der Waals surface area contributed by atoms with Crippen LogP contribution >= 0.6 is 0 Å². The number of nitrogens with two attached hydrogens (primary N) is 1. The van der Waals surface area contributed by atoms with Gasteiger partial charge >= 0.3 is 6.36 Å². The predicted octanol–water partition coefficient (Wildman–Crippen LogP) is 5.64. The van der Waals surface area contributed by atoms with E-state index in [1.165, 1.54) is 12.1 Å². The number of pyridine rings is 1. The Bertz CT molecular complexity index is 1280. The van der Waals surface area contributed by atoms with Crippen molar-refractivity contribution in [2.24, 2.45) is 11.7 Å². The fourth-order valence-corrected chi connectivity index (χ4v) is 6.05. The molecule has 2 aliphatic heterocycles. The molecule has 1 saturated heterocycles. The normalized spacial score (nSPS) is 20.7. The van der Waals surface area contributed by atoms with E-state index in [-0.39, 0.29) is 11.7 Å². The third kappa shape index (κ3) is 5.88. The summed E-state index contributed by atoms with van der Waals surface area (Å²) in [6.07, 6.45) is 2.57. The number of aromatic nitrogens is 1. The number of alkyl halides is 3. The standard InChI is InChI=1S/C30H32F3N3O3/c1-20(6-7-22-19-35-15-12-26(22)28(34)37)36-16-13-24(14-17-36)29(18-21-4-2-3-5-27(21)39-29)23-8-10-25(11-9-23)38-30(31,32)33/h2-5,8-12,15,19-20,24H,6-7,13-14,16-18H2,1H3,(H2,34,37). The molecule has 0 aliphatic carbocycles. The van der Waals surface area contributed by atoms with Gasteiger partial charge in [-0.05, 0) is 86.7 Å². The van der Waals surface area contributed by atoms with Crippen LogP contribution in [0, 0.1) is 5.92 Å². The number of carbonyl (C=O) groups excluding carboxylic acids is 1. The Labute approximate surface area is 225 Å². The van der Waals surface area contributed by atoms with Gasteiger partial charge in [-0.1, -0.05) is 30.3 Å². The molecule has 3 aromatic rings. The van der Waals surface area contributed by atoms with Crippen LogP contribution in [0.15, 0.2) is 67.0 Å². The maximum atomic E-state index is 12.7. The van der Waals surface area contributed by atoms with Crippen LogP contribution in [-0.4, -0.2) is 41.3 Å². The molecule has 0 spiro atoms. The van der Waals surface area contributed by atoms with Crippen molar-refractivity contribution >= 4 is 5.91 Å². The largest absolute Gasteiger partial charge is 0.573 e. The highest BCUT2D eigenvalue weighted by Crippen LogP contribution is 2.49. The molecule has 3 heterocycles. The van der Waals surface area contributed by atoms with Crippen molar-refractivity contribution < 1.29 is 27.4 Å². The zero-order chi connectivity index (χ0) is 27.6. The monoisotopic (exact) mass is 539 g/mol. The summed E-state index contributed by atoms with van der Waals surface area (Å²) in [5.74, 6) is 0.323. The lowest BCUT2D eigenvalue weighted by molar-refractivity contribution is -0.274. The molecule has 0 saturated carbocycles. The summed E-state index contributed by atoms with van der Waals surface area (Å²) in [6, 6.07) is 16.0. The van der Waals surface area contributed by atoms with Gasteiger partial charge in [-0.2, -0.15) is 0 Å². The smallest absolute Gasteiger partial charge is 0.482 e. The lowest BCUT2D eigenvalue weighted by Gasteiger charge is -2.44. The number of piperidine rings is 1. The number of rotatable bonds is 8. The van der Waals surface area contributed by atoms with Crippen LogP contribution in [0.1, 0.15) is 53.2 Å². The van der Waals surface area contributed by atoms with Crippen molar-refractivity contribution in [3.63, 3.8) is 0 Å². The molecule has 9 heteroatoms. The van der Waals surface area contributed by atoms with E-state index in [4.69, 9.17) is 10.5 Å². The number of aryl methyl sites for hydroxylation is 1. The fourth-order valence-electron chi connectivity index (χ4n) is 6.05. The van der Waals surface area contributed by atoms with E-state index < -0.39 is 17.9 Å². The molecule has 0 radical (unpaired) electrons. The number of likely N-dealkylation sites (tertiary alicyclic amines) is 1. The molecular formula is C30H32F3N3O3. The molecule has 206 valence electrons. The SMILES string of the molecule is CC(CCc1cnccc1C(N)=O)N1CCC(C2(c3ccc(OC(F)(F)F)cc3)Cc3ccccc3O2)CC1. The van der Waals surface area contributed by atoms with Crippen molar-refractivity contribution in [3.8, 4) is 11.5 Å². The molecule has 1 fully saturated rings. The number of para-hydroxylation sites is 1. The number of primary amides is 1. The number of nitrogens with zero attached hydrogens (tertiary/aromatic N) is 2. The Hall–Kier alpha value is -3.59. The highest BCUT2D eigenvalue weighted by atomic mass is 19.4. The number of halogens is 3. The highest BCUT2D eigenvalue weighted by molar-refractivity contribution is 5.94. The third-order valence-corrected chi connectivity index (χ3v) is 8.11. The summed E-state index contributed by atoms with van der Waals surface area (Å²) in [7, 11) is 0. The van der Waals surface area contributed by atoms with Crippen LogP contribution in [0.4, 0.5) is 13.2 Å². The minimum absolute atomic E-state index is 0.183. The molecule has 0 bridgehead atoms. The van der Waals surface area contributed by atoms with Crippen LogP contribution in [0.2, 0.25) is 0 Å². The molecule has 2 atom stereocenters. The minimum Gasteiger partial charge on any atom is -0.482 e. The second-order valence-corrected chi connectivity index (χ2v) is 10.4. The number of hydrogen-bond donors (Lipinski definition) is 1. The highest BCUT2D eigenvalue weighted by Gasteiger charge is 2.48. The predicted molar refractivity (Wildman–Crippen MR) is 140 cm³/mol. The number of amides is 1. The summed E-state index contributed by atoms with van der Waals surface area (Å²) in [4.78, 5) is 18.4. The number of ether oxygens (including phenoxy) is 2. The van der Waals surface area contributed by atoms with Gasteiger partial charge in [0.25, 0.3) is 0 Å². The fraction of sp³-hybridized carbons (Fsp3) is 0.400. The van der Waals surface area contributed by atoms with E-state index in [1.54, 1.807) is 30.6 Å². The number of benzene rings is 2. The van der Waals surface area contributed by atoms with E-state index in [1.807, 2.05) is 24.3 Å². The van der Waals surface area contributed by atoms with Crippen molar-refractivity contribution in [1.29, 1.82) is 0 Å². The van der Waals surface area contributed by atoms with Crippen LogP contribution in [-0.2, 0) is 18.4 Å². The van der Waals surface area contributed by atoms with Gasteiger partial charge in [0.1, 0.15) is 17.1 Å². The van der Waals surface area contributed by atoms with E-state index in [9.17, 15) is 18.0 Å². The van der Waals surface area contributed by atoms with Crippen molar-refractivity contribution in [2.45, 2.75) is 57.0 Å². The first-order chi connectivity index (χ1) is 18.6. The number of hydrogen-bond acceptors (Lipinski definition) is 5. The Morgan fingerprint density at radius 1 is 1.15 bits per heavy atom. The molecule has 2 aliphatic rings. The van der Waals surface area contributed by atoms with Gasteiger partial charge in [0.05, 0.1) is 0 Å². The molecule has 39 heavy (non-hydrogen) atoms. The molecular weight excluding hydrogens is 507 g/mol. The summed E-state index contributed by atoms with van der Waals surface area (Å²) < 4.78 is 48.9. The summed E-state index contributed by atoms with van der Waals surface area (Å²) in [6.45, 7) is 3.94. The molecule has 1 aromatic heterocycles. The molecule has 2 N–H and O–H groups in total. The summed E-state index contributed by atoms with van der Waals surface area (Å²) in [5, 5.41) is 0. The summed E-state index contributed by atoms with van der Waals surface area (Å²) in [5.41, 5.74) is 8.21.